The second-order valence-corrected chi connectivity index (χ2v) is 6.59. The molecule has 0 heterocycles. The molecule has 0 saturated heterocycles. The summed E-state index contributed by atoms with van der Waals surface area (Å²) in [6, 6.07) is 5.18. The van der Waals surface area contributed by atoms with Gasteiger partial charge in [-0.3, -0.25) is 9.11 Å². The van der Waals surface area contributed by atoms with Gasteiger partial charge in [-0.2, -0.15) is 16.8 Å². The van der Waals surface area contributed by atoms with Crippen molar-refractivity contribution < 1.29 is 62.0 Å². The van der Waals surface area contributed by atoms with Crippen molar-refractivity contribution in [1.29, 1.82) is 0 Å². The average Bonchev–Trinajstić information content (AvgIpc) is 2.24. The predicted molar refractivity (Wildman–Crippen MR) is 66.4 cm³/mol. The molecule has 0 unspecified atom stereocenters. The average molecular weight is 328 g/mol. The molecule has 0 fully saturated rings. The first-order valence-electron chi connectivity index (χ1n) is 4.81. The van der Waals surface area contributed by atoms with E-state index >= 15 is 0 Å². The fourth-order valence-electron chi connectivity index (χ4n) is 1.65. The molecule has 0 aliphatic rings. The number of benzene rings is 2. The van der Waals surface area contributed by atoms with Crippen LogP contribution in [0.4, 0.5) is 0 Å². The molecule has 0 amide bonds. The Morgan fingerprint density at radius 1 is 0.900 bits per heavy atom. The number of hydrogen-bond donors (Lipinski definition) is 3. The van der Waals surface area contributed by atoms with E-state index in [0.29, 0.717) is 6.07 Å². The molecule has 0 bridgehead atoms. The van der Waals surface area contributed by atoms with Crippen LogP contribution in [0.3, 0.4) is 0 Å². The summed E-state index contributed by atoms with van der Waals surface area (Å²) in [4.78, 5) is -1.38. The number of rotatable bonds is 2. The maximum atomic E-state index is 11.2. The zero-order valence-corrected chi connectivity index (χ0v) is 13.8. The molecule has 2 rings (SSSR count). The molecule has 7 nitrogen and oxygen atoms in total. The summed E-state index contributed by atoms with van der Waals surface area (Å²) < 4.78 is 62.6. The summed E-state index contributed by atoms with van der Waals surface area (Å²) >= 11 is 0. The van der Waals surface area contributed by atoms with E-state index in [1.807, 2.05) is 0 Å². The minimum Gasteiger partial charge on any atom is -1.00 e. The van der Waals surface area contributed by atoms with Crippen molar-refractivity contribution in [2.75, 3.05) is 0 Å². The summed E-state index contributed by atoms with van der Waals surface area (Å²) in [5.74, 6) is -0.253. The van der Waals surface area contributed by atoms with Crippen LogP contribution >= 0.6 is 0 Å². The number of phenols is 1. The number of hydrogen-bond acceptors (Lipinski definition) is 5. The monoisotopic (exact) mass is 328 g/mol. The second-order valence-electron chi connectivity index (χ2n) is 3.78. The van der Waals surface area contributed by atoms with Gasteiger partial charge in [0, 0.05) is 5.39 Å². The summed E-state index contributed by atoms with van der Waals surface area (Å²) in [5.41, 5.74) is 0. The molecule has 2 aromatic rings. The minimum atomic E-state index is -4.72. The van der Waals surface area contributed by atoms with Crippen LogP contribution in [0.15, 0.2) is 40.1 Å². The van der Waals surface area contributed by atoms with Crippen molar-refractivity contribution in [3.05, 3.63) is 30.3 Å². The molecule has 2 aromatic carbocycles. The fourth-order valence-corrected chi connectivity index (χ4v) is 3.00. The SMILES string of the molecule is O=S(=O)(O)c1cc(S(=O)(=O)O)c2cc(O)ccc2c1.[H-].[Na+]. The van der Waals surface area contributed by atoms with Crippen LogP contribution in [0.1, 0.15) is 1.43 Å². The third-order valence-corrected chi connectivity index (χ3v) is 4.17. The Labute approximate surface area is 138 Å². The van der Waals surface area contributed by atoms with Crippen molar-refractivity contribution in [3.8, 4) is 5.75 Å². The molecular formula is C10H9NaO7S2. The molecule has 0 aliphatic heterocycles. The Morgan fingerprint density at radius 3 is 2.00 bits per heavy atom. The van der Waals surface area contributed by atoms with Crippen molar-refractivity contribution in [2.24, 2.45) is 0 Å². The Bertz CT molecular complexity index is 878. The molecule has 0 radical (unpaired) electrons. The quantitative estimate of drug-likeness (QED) is 0.436. The summed E-state index contributed by atoms with van der Waals surface area (Å²) in [7, 11) is -9.34. The summed E-state index contributed by atoms with van der Waals surface area (Å²) in [6.07, 6.45) is 0. The Hall–Kier alpha value is -0.680. The molecule has 0 spiro atoms. The van der Waals surface area contributed by atoms with Crippen LogP contribution in [0.25, 0.3) is 10.8 Å². The molecule has 0 aliphatic carbocycles. The molecule has 104 valence electrons. The van der Waals surface area contributed by atoms with Gasteiger partial charge in [0.15, 0.2) is 0 Å². The van der Waals surface area contributed by atoms with Crippen LogP contribution < -0.4 is 29.6 Å². The second kappa shape index (κ2) is 5.60. The molecule has 0 saturated carbocycles. The zero-order chi connectivity index (χ0) is 14.4. The van der Waals surface area contributed by atoms with E-state index in [9.17, 15) is 21.9 Å². The molecule has 0 aromatic heterocycles. The maximum Gasteiger partial charge on any atom is 1.00 e. The fraction of sp³-hybridized carbons (Fsp3) is 0. The minimum absolute atomic E-state index is 0. The Balaban J connectivity index is 0.00000200. The van der Waals surface area contributed by atoms with E-state index in [1.165, 1.54) is 12.1 Å². The van der Waals surface area contributed by atoms with Crippen LogP contribution in [-0.4, -0.2) is 31.0 Å². The van der Waals surface area contributed by atoms with E-state index in [1.54, 1.807) is 0 Å². The van der Waals surface area contributed by atoms with E-state index in [-0.39, 0.29) is 47.5 Å². The van der Waals surface area contributed by atoms with E-state index < -0.39 is 30.0 Å². The van der Waals surface area contributed by atoms with Crippen LogP contribution in [0.5, 0.6) is 5.75 Å². The van der Waals surface area contributed by atoms with Gasteiger partial charge in [-0.25, -0.2) is 0 Å². The Kier molecular flexibility index (Phi) is 4.87. The third kappa shape index (κ3) is 3.50. The van der Waals surface area contributed by atoms with Gasteiger partial charge in [-0.05, 0) is 29.7 Å². The third-order valence-electron chi connectivity index (χ3n) is 2.45. The predicted octanol–water partition coefficient (Wildman–Crippen LogP) is -1.84. The Morgan fingerprint density at radius 2 is 1.50 bits per heavy atom. The zero-order valence-electron chi connectivity index (χ0n) is 11.2. The summed E-state index contributed by atoms with van der Waals surface area (Å²) in [6.45, 7) is 0. The largest absolute Gasteiger partial charge is 1.00 e. The molecule has 0 atom stereocenters. The maximum absolute atomic E-state index is 11.2. The van der Waals surface area contributed by atoms with Crippen molar-refractivity contribution in [1.82, 2.24) is 0 Å². The van der Waals surface area contributed by atoms with Gasteiger partial charge >= 0.3 is 29.6 Å². The van der Waals surface area contributed by atoms with Gasteiger partial charge in [0.2, 0.25) is 0 Å². The van der Waals surface area contributed by atoms with Crippen LogP contribution in [0.2, 0.25) is 0 Å². The smallest absolute Gasteiger partial charge is 1.00 e. The van der Waals surface area contributed by atoms with E-state index in [0.717, 1.165) is 12.1 Å². The van der Waals surface area contributed by atoms with Crippen molar-refractivity contribution in [3.63, 3.8) is 0 Å². The topological polar surface area (TPSA) is 129 Å². The van der Waals surface area contributed by atoms with E-state index in [2.05, 4.69) is 0 Å². The van der Waals surface area contributed by atoms with Crippen LogP contribution in [0, 0.1) is 0 Å². The number of aromatic hydroxyl groups is 1. The normalized spacial score (nSPS) is 12.1. The first-order chi connectivity index (χ1) is 8.59. The van der Waals surface area contributed by atoms with Crippen molar-refractivity contribution >= 4 is 31.0 Å². The molecule has 3 N–H and O–H groups in total. The molecule has 20 heavy (non-hydrogen) atoms. The van der Waals surface area contributed by atoms with Crippen molar-refractivity contribution in [2.45, 2.75) is 9.79 Å². The van der Waals surface area contributed by atoms with E-state index in [4.69, 9.17) is 9.11 Å². The number of phenolic OH excluding ortho intramolecular Hbond substituents is 1. The standard InChI is InChI=1S/C10H8O7S2.Na.H/c11-7-2-1-6-3-8(18(12,13)14)5-10(9(6)4-7)19(15,16)17;;/h1-5,11H,(H,12,13,14)(H,15,16,17);;/q;+1;-1. The van der Waals surface area contributed by atoms with Crippen LogP contribution in [-0.2, 0) is 20.2 Å². The van der Waals surface area contributed by atoms with Gasteiger partial charge in [0.1, 0.15) is 10.6 Å². The molecule has 10 heteroatoms. The van der Waals surface area contributed by atoms with Gasteiger partial charge in [0.25, 0.3) is 20.2 Å². The first kappa shape index (κ1) is 17.4. The molecular weight excluding hydrogens is 319 g/mol. The number of fused-ring (bicyclic) bond motifs is 1. The van der Waals surface area contributed by atoms with Gasteiger partial charge in [-0.1, -0.05) is 6.07 Å². The van der Waals surface area contributed by atoms with Gasteiger partial charge < -0.3 is 6.53 Å². The van der Waals surface area contributed by atoms with Gasteiger partial charge in [-0.15, -0.1) is 0 Å². The first-order valence-corrected chi connectivity index (χ1v) is 7.69. The van der Waals surface area contributed by atoms with Gasteiger partial charge in [0.05, 0.1) is 4.90 Å². The summed E-state index contributed by atoms with van der Waals surface area (Å²) in [5, 5.41) is 9.37.